The second-order valence-electron chi connectivity index (χ2n) is 11.6. The molecule has 0 atom stereocenters. The normalized spacial score (nSPS) is 11.4. The van der Waals surface area contributed by atoms with Crippen LogP contribution in [0.5, 0.6) is 0 Å². The molecule has 0 amide bonds. The molecule has 1 heteroatoms. The van der Waals surface area contributed by atoms with E-state index in [-0.39, 0.29) is 0 Å². The quantitative estimate of drug-likeness (QED) is 0.0879. The van der Waals surface area contributed by atoms with Crippen molar-refractivity contribution in [2.75, 3.05) is 0 Å². The molecule has 0 heterocycles. The Morgan fingerprint density at radius 3 is 0.743 bits per heavy atom. The molecule has 0 saturated carbocycles. The molecule has 35 heavy (non-hydrogen) atoms. The van der Waals surface area contributed by atoms with Crippen molar-refractivity contribution >= 4 is 5.78 Å². The average molecular weight is 493 g/mol. The summed E-state index contributed by atoms with van der Waals surface area (Å²) >= 11 is 0. The molecule has 210 valence electrons. The molecule has 0 aliphatic rings. The zero-order chi connectivity index (χ0) is 25.5. The summed E-state index contributed by atoms with van der Waals surface area (Å²) < 4.78 is 0. The highest BCUT2D eigenvalue weighted by Crippen LogP contribution is 2.16. The molecule has 1 nitrogen and oxygen atoms in total. The summed E-state index contributed by atoms with van der Waals surface area (Å²) in [7, 11) is 0. The van der Waals surface area contributed by atoms with Gasteiger partial charge in [-0.15, -0.1) is 0 Å². The topological polar surface area (TPSA) is 17.1 Å². The minimum atomic E-state index is 0.474. The van der Waals surface area contributed by atoms with Crippen molar-refractivity contribution in [3.63, 3.8) is 0 Å². The molecule has 0 N–H and O–H groups in total. The molecule has 0 unspecified atom stereocenters. The number of unbranched alkanes of at least 4 members (excludes halogenated alkanes) is 27. The Kier molecular flexibility index (Phi) is 31.4. The second kappa shape index (κ2) is 31.7. The number of hydrogen-bond acceptors (Lipinski definition) is 1. The highest BCUT2D eigenvalue weighted by Gasteiger charge is 2.00. The molecular formula is C34H68O. The maximum Gasteiger partial charge on any atom is 0.132 e. The van der Waals surface area contributed by atoms with Crippen LogP contribution in [0.2, 0.25) is 0 Å². The summed E-state index contributed by atoms with van der Waals surface area (Å²) in [6.07, 6.45) is 42.8. The van der Waals surface area contributed by atoms with E-state index in [4.69, 9.17) is 0 Å². The monoisotopic (exact) mass is 493 g/mol. The molecule has 0 aromatic heterocycles. The molecule has 0 fully saturated rings. The van der Waals surface area contributed by atoms with Crippen LogP contribution in [-0.4, -0.2) is 5.78 Å². The van der Waals surface area contributed by atoms with Gasteiger partial charge in [0.15, 0.2) is 0 Å². The third-order valence-corrected chi connectivity index (χ3v) is 7.84. The van der Waals surface area contributed by atoms with Gasteiger partial charge in [0, 0.05) is 12.8 Å². The fraction of sp³-hybridized carbons (Fsp3) is 0.971. The van der Waals surface area contributed by atoms with Gasteiger partial charge in [0.2, 0.25) is 0 Å². The minimum Gasteiger partial charge on any atom is -0.300 e. The Morgan fingerprint density at radius 2 is 0.514 bits per heavy atom. The van der Waals surface area contributed by atoms with Crippen LogP contribution in [0.4, 0.5) is 0 Å². The van der Waals surface area contributed by atoms with Crippen LogP contribution in [0.1, 0.15) is 213 Å². The predicted molar refractivity (Wildman–Crippen MR) is 159 cm³/mol. The Morgan fingerprint density at radius 1 is 0.286 bits per heavy atom. The van der Waals surface area contributed by atoms with Crippen molar-refractivity contribution in [1.29, 1.82) is 0 Å². The predicted octanol–water partition coefficient (Wildman–Crippen LogP) is 12.7. The molecule has 0 spiro atoms. The van der Waals surface area contributed by atoms with Gasteiger partial charge >= 0.3 is 0 Å². The van der Waals surface area contributed by atoms with Crippen molar-refractivity contribution < 1.29 is 4.79 Å². The van der Waals surface area contributed by atoms with E-state index in [0.717, 1.165) is 25.7 Å². The number of Topliss-reactive ketones (excluding diaryl/α,β-unsaturated/α-hetero) is 1. The van der Waals surface area contributed by atoms with Crippen molar-refractivity contribution in [2.24, 2.45) is 0 Å². The van der Waals surface area contributed by atoms with Crippen LogP contribution in [-0.2, 0) is 4.79 Å². The Labute approximate surface area is 223 Å². The molecule has 0 radical (unpaired) electrons. The zero-order valence-corrected chi connectivity index (χ0v) is 24.8. The van der Waals surface area contributed by atoms with E-state index < -0.39 is 0 Å². The fourth-order valence-electron chi connectivity index (χ4n) is 5.40. The van der Waals surface area contributed by atoms with E-state index in [1.807, 2.05) is 0 Å². The van der Waals surface area contributed by atoms with Gasteiger partial charge in [-0.1, -0.05) is 187 Å². The summed E-state index contributed by atoms with van der Waals surface area (Å²) in [6.45, 7) is 4.40. The highest BCUT2D eigenvalue weighted by atomic mass is 16.1. The average Bonchev–Trinajstić information content (AvgIpc) is 2.86. The number of carbonyl (C=O) groups excluding carboxylic acids is 1. The van der Waals surface area contributed by atoms with Gasteiger partial charge in [-0.3, -0.25) is 4.79 Å². The molecule has 0 aliphatic heterocycles. The minimum absolute atomic E-state index is 0.474. The Balaban J connectivity index is 3.04. The van der Waals surface area contributed by atoms with Crippen LogP contribution >= 0.6 is 0 Å². The lowest BCUT2D eigenvalue weighted by atomic mass is 10.0. The summed E-state index contributed by atoms with van der Waals surface area (Å²) in [4.78, 5) is 11.5. The van der Waals surface area contributed by atoms with Crippen molar-refractivity contribution in [3.8, 4) is 0 Å². The molecule has 0 aliphatic carbocycles. The van der Waals surface area contributed by atoms with Gasteiger partial charge in [-0.25, -0.2) is 0 Å². The second-order valence-corrected chi connectivity index (χ2v) is 11.6. The summed E-state index contributed by atoms with van der Waals surface area (Å²) in [5.74, 6) is 0.474. The number of hydrogen-bond donors (Lipinski definition) is 0. The first-order chi connectivity index (χ1) is 17.3. The van der Waals surface area contributed by atoms with E-state index in [1.165, 1.54) is 173 Å². The molecule has 0 aromatic carbocycles. The van der Waals surface area contributed by atoms with Gasteiger partial charge in [-0.2, -0.15) is 0 Å². The summed E-state index contributed by atoms with van der Waals surface area (Å²) in [5, 5.41) is 0. The number of ketones is 1. The van der Waals surface area contributed by atoms with Gasteiger partial charge in [0.1, 0.15) is 5.78 Å². The van der Waals surface area contributed by atoms with Crippen molar-refractivity contribution in [2.45, 2.75) is 213 Å². The van der Waals surface area contributed by atoms with Crippen molar-refractivity contribution in [3.05, 3.63) is 0 Å². The van der Waals surface area contributed by atoms with E-state index in [1.54, 1.807) is 0 Å². The molecule has 0 bridgehead atoms. The fourth-order valence-corrected chi connectivity index (χ4v) is 5.40. The Hall–Kier alpha value is -0.330. The first kappa shape index (κ1) is 34.7. The maximum absolute atomic E-state index is 11.5. The SMILES string of the molecule is CCCCCCCCCCCCCCCCCCCCCCCCCCCCCCC(=O)CCC. The summed E-state index contributed by atoms with van der Waals surface area (Å²) in [6, 6.07) is 0. The number of carbonyl (C=O) groups is 1. The van der Waals surface area contributed by atoms with Gasteiger partial charge in [-0.05, 0) is 12.8 Å². The number of rotatable bonds is 31. The van der Waals surface area contributed by atoms with Gasteiger partial charge in [0.25, 0.3) is 0 Å². The lowest BCUT2D eigenvalue weighted by Crippen LogP contribution is -1.96. The van der Waals surface area contributed by atoms with Crippen LogP contribution < -0.4 is 0 Å². The summed E-state index contributed by atoms with van der Waals surface area (Å²) in [5.41, 5.74) is 0. The first-order valence-electron chi connectivity index (χ1n) is 16.8. The van der Waals surface area contributed by atoms with Crippen molar-refractivity contribution in [1.82, 2.24) is 0 Å². The molecular weight excluding hydrogens is 424 g/mol. The standard InChI is InChI=1S/C34H68O/c1-3-5-6-7-8-9-10-11-12-13-14-15-16-17-18-19-20-21-22-23-24-25-26-27-28-29-30-31-33-34(35)32-4-2/h3-33H2,1-2H3. The first-order valence-corrected chi connectivity index (χ1v) is 16.8. The van der Waals surface area contributed by atoms with Crippen LogP contribution in [0.25, 0.3) is 0 Å². The largest absolute Gasteiger partial charge is 0.300 e. The molecule has 0 rings (SSSR count). The van der Waals surface area contributed by atoms with Crippen LogP contribution in [0.15, 0.2) is 0 Å². The van der Waals surface area contributed by atoms with Gasteiger partial charge in [0.05, 0.1) is 0 Å². The van der Waals surface area contributed by atoms with E-state index >= 15 is 0 Å². The Bertz CT molecular complexity index is 388. The lowest BCUT2D eigenvalue weighted by molar-refractivity contribution is -0.119. The highest BCUT2D eigenvalue weighted by molar-refractivity contribution is 5.78. The van der Waals surface area contributed by atoms with Crippen LogP contribution in [0.3, 0.4) is 0 Å². The van der Waals surface area contributed by atoms with E-state index in [0.29, 0.717) is 5.78 Å². The van der Waals surface area contributed by atoms with Crippen LogP contribution in [0, 0.1) is 0 Å². The van der Waals surface area contributed by atoms with Gasteiger partial charge < -0.3 is 0 Å². The zero-order valence-electron chi connectivity index (χ0n) is 24.8. The molecule has 0 saturated heterocycles. The molecule has 0 aromatic rings. The van der Waals surface area contributed by atoms with E-state index in [2.05, 4.69) is 13.8 Å². The smallest absolute Gasteiger partial charge is 0.132 e. The van der Waals surface area contributed by atoms with E-state index in [9.17, 15) is 4.79 Å². The third kappa shape index (κ3) is 31.6. The maximum atomic E-state index is 11.5. The lowest BCUT2D eigenvalue weighted by Gasteiger charge is -2.04. The third-order valence-electron chi connectivity index (χ3n) is 7.84.